The lowest BCUT2D eigenvalue weighted by atomic mass is 10.1. The highest BCUT2D eigenvalue weighted by Crippen LogP contribution is 2.27. The SMILES string of the molecule is COc1ncnc2ccc(N3CCN(CCN4CCCCC4=O)CC3)cc12. The lowest BCUT2D eigenvalue weighted by molar-refractivity contribution is -0.133. The van der Waals surface area contributed by atoms with Crippen molar-refractivity contribution in [2.75, 3.05) is 57.8 Å². The van der Waals surface area contributed by atoms with Gasteiger partial charge in [-0.1, -0.05) is 0 Å². The minimum absolute atomic E-state index is 0.326. The molecule has 2 aliphatic heterocycles. The summed E-state index contributed by atoms with van der Waals surface area (Å²) in [4.78, 5) is 27.4. The highest BCUT2D eigenvalue weighted by atomic mass is 16.5. The number of aromatic nitrogens is 2. The zero-order chi connectivity index (χ0) is 18.6. The molecule has 1 amide bonds. The molecule has 0 unspecified atom stereocenters. The first kappa shape index (κ1) is 18.0. The lowest BCUT2D eigenvalue weighted by Crippen LogP contribution is -2.49. The van der Waals surface area contributed by atoms with Crippen LogP contribution < -0.4 is 9.64 Å². The van der Waals surface area contributed by atoms with Gasteiger partial charge in [-0.25, -0.2) is 9.97 Å². The number of fused-ring (bicyclic) bond motifs is 1. The van der Waals surface area contributed by atoms with Gasteiger partial charge in [-0.3, -0.25) is 9.69 Å². The smallest absolute Gasteiger partial charge is 0.224 e. The van der Waals surface area contributed by atoms with Crippen molar-refractivity contribution in [2.24, 2.45) is 0 Å². The average molecular weight is 369 g/mol. The fraction of sp³-hybridized carbons (Fsp3) is 0.550. The van der Waals surface area contributed by atoms with Crippen molar-refractivity contribution in [2.45, 2.75) is 19.3 Å². The molecule has 0 N–H and O–H groups in total. The first-order valence-electron chi connectivity index (χ1n) is 9.78. The molecule has 7 nitrogen and oxygen atoms in total. The van der Waals surface area contributed by atoms with Gasteiger partial charge in [0, 0.05) is 57.9 Å². The van der Waals surface area contributed by atoms with Gasteiger partial charge in [0.25, 0.3) is 0 Å². The van der Waals surface area contributed by atoms with E-state index in [4.69, 9.17) is 4.74 Å². The van der Waals surface area contributed by atoms with Crippen LogP contribution in [0.3, 0.4) is 0 Å². The highest BCUT2D eigenvalue weighted by molar-refractivity contribution is 5.86. The van der Waals surface area contributed by atoms with Crippen LogP contribution in [0.15, 0.2) is 24.5 Å². The van der Waals surface area contributed by atoms with E-state index in [9.17, 15) is 4.79 Å². The van der Waals surface area contributed by atoms with Crippen LogP contribution in [0.25, 0.3) is 10.9 Å². The molecule has 2 fully saturated rings. The molecule has 0 atom stereocenters. The van der Waals surface area contributed by atoms with Gasteiger partial charge < -0.3 is 14.5 Å². The molecule has 0 spiro atoms. The van der Waals surface area contributed by atoms with E-state index in [0.29, 0.717) is 11.8 Å². The molecular weight excluding hydrogens is 342 g/mol. The van der Waals surface area contributed by atoms with Gasteiger partial charge in [-0.2, -0.15) is 0 Å². The van der Waals surface area contributed by atoms with Crippen molar-refractivity contribution in [3.8, 4) is 5.88 Å². The second kappa shape index (κ2) is 8.08. The average Bonchev–Trinajstić information content (AvgIpc) is 2.73. The molecule has 4 rings (SSSR count). The molecule has 3 heterocycles. The van der Waals surface area contributed by atoms with Gasteiger partial charge >= 0.3 is 0 Å². The first-order valence-corrected chi connectivity index (χ1v) is 9.78. The fourth-order valence-corrected chi connectivity index (χ4v) is 3.97. The second-order valence-electron chi connectivity index (χ2n) is 7.25. The summed E-state index contributed by atoms with van der Waals surface area (Å²) >= 11 is 0. The Balaban J connectivity index is 1.35. The summed E-state index contributed by atoms with van der Waals surface area (Å²) in [5.74, 6) is 0.943. The number of nitrogens with zero attached hydrogens (tertiary/aromatic N) is 5. The van der Waals surface area contributed by atoms with E-state index in [1.54, 1.807) is 7.11 Å². The quantitative estimate of drug-likeness (QED) is 0.801. The van der Waals surface area contributed by atoms with Gasteiger partial charge in [0.05, 0.1) is 18.0 Å². The molecule has 144 valence electrons. The molecule has 27 heavy (non-hydrogen) atoms. The Morgan fingerprint density at radius 2 is 1.89 bits per heavy atom. The summed E-state index contributed by atoms with van der Waals surface area (Å²) in [5, 5.41) is 0.948. The van der Waals surface area contributed by atoms with Crippen LogP contribution in [0.1, 0.15) is 19.3 Å². The molecule has 0 radical (unpaired) electrons. The topological polar surface area (TPSA) is 61.8 Å². The van der Waals surface area contributed by atoms with Crippen molar-refractivity contribution in [1.82, 2.24) is 19.8 Å². The molecule has 2 aliphatic rings. The number of hydrogen-bond donors (Lipinski definition) is 0. The van der Waals surface area contributed by atoms with Gasteiger partial charge in [-0.05, 0) is 31.0 Å². The maximum atomic E-state index is 11.9. The molecule has 2 aromatic rings. The lowest BCUT2D eigenvalue weighted by Gasteiger charge is -2.37. The second-order valence-corrected chi connectivity index (χ2v) is 7.25. The van der Waals surface area contributed by atoms with E-state index < -0.39 is 0 Å². The highest BCUT2D eigenvalue weighted by Gasteiger charge is 2.21. The third-order valence-electron chi connectivity index (χ3n) is 5.62. The largest absolute Gasteiger partial charge is 0.480 e. The Morgan fingerprint density at radius 1 is 1.04 bits per heavy atom. The Labute approximate surface area is 159 Å². The number of piperidine rings is 1. The van der Waals surface area contributed by atoms with Crippen LogP contribution in [0, 0.1) is 0 Å². The van der Waals surface area contributed by atoms with Crippen LogP contribution in [-0.2, 0) is 4.79 Å². The Bertz CT molecular complexity index is 804. The standard InChI is InChI=1S/C20H27N5O2/c1-27-20-17-14-16(5-6-18(17)21-15-22-20)24-11-8-23(9-12-24)10-13-25-7-3-2-4-19(25)26/h5-6,14-15H,2-4,7-13H2,1H3. The zero-order valence-corrected chi connectivity index (χ0v) is 15.9. The van der Waals surface area contributed by atoms with E-state index in [0.717, 1.165) is 76.0 Å². The van der Waals surface area contributed by atoms with Crippen molar-refractivity contribution in [3.05, 3.63) is 24.5 Å². The summed E-state index contributed by atoms with van der Waals surface area (Å²) in [6.07, 6.45) is 4.46. The van der Waals surface area contributed by atoms with Crippen LogP contribution in [-0.4, -0.2) is 78.6 Å². The van der Waals surface area contributed by atoms with Crippen LogP contribution in [0.4, 0.5) is 5.69 Å². The Hall–Kier alpha value is -2.41. The number of rotatable bonds is 5. The number of carbonyl (C=O) groups excluding carboxylic acids is 1. The van der Waals surface area contributed by atoms with Crippen molar-refractivity contribution < 1.29 is 9.53 Å². The Kier molecular flexibility index (Phi) is 5.38. The Morgan fingerprint density at radius 3 is 2.67 bits per heavy atom. The number of amides is 1. The van der Waals surface area contributed by atoms with E-state index in [1.807, 2.05) is 11.0 Å². The maximum Gasteiger partial charge on any atom is 0.224 e. The van der Waals surface area contributed by atoms with Crippen molar-refractivity contribution in [1.29, 1.82) is 0 Å². The van der Waals surface area contributed by atoms with Crippen LogP contribution in [0.5, 0.6) is 5.88 Å². The number of piperazine rings is 1. The van der Waals surface area contributed by atoms with E-state index in [2.05, 4.69) is 31.9 Å². The van der Waals surface area contributed by atoms with Gasteiger partial charge in [0.15, 0.2) is 0 Å². The minimum Gasteiger partial charge on any atom is -0.480 e. The van der Waals surface area contributed by atoms with Crippen molar-refractivity contribution in [3.63, 3.8) is 0 Å². The van der Waals surface area contributed by atoms with E-state index >= 15 is 0 Å². The van der Waals surface area contributed by atoms with E-state index in [1.165, 1.54) is 12.0 Å². The minimum atomic E-state index is 0.326. The summed E-state index contributed by atoms with van der Waals surface area (Å²) < 4.78 is 5.38. The molecule has 7 heteroatoms. The number of ether oxygens (including phenoxy) is 1. The fourth-order valence-electron chi connectivity index (χ4n) is 3.97. The normalized spacial score (nSPS) is 18.9. The van der Waals surface area contributed by atoms with Gasteiger partial charge in [0.1, 0.15) is 6.33 Å². The van der Waals surface area contributed by atoms with Gasteiger partial charge in [0.2, 0.25) is 11.8 Å². The summed E-state index contributed by atoms with van der Waals surface area (Å²) in [6, 6.07) is 6.27. The monoisotopic (exact) mass is 369 g/mol. The third kappa shape index (κ3) is 3.98. The number of methoxy groups -OCH3 is 1. The number of likely N-dealkylation sites (tertiary alicyclic amines) is 1. The molecule has 1 aromatic carbocycles. The van der Waals surface area contributed by atoms with Crippen LogP contribution >= 0.6 is 0 Å². The van der Waals surface area contributed by atoms with Gasteiger partial charge in [-0.15, -0.1) is 0 Å². The summed E-state index contributed by atoms with van der Waals surface area (Å²) in [7, 11) is 1.64. The van der Waals surface area contributed by atoms with Crippen molar-refractivity contribution >= 4 is 22.5 Å². The van der Waals surface area contributed by atoms with Crippen LogP contribution in [0.2, 0.25) is 0 Å². The number of anilines is 1. The molecule has 0 bridgehead atoms. The number of benzene rings is 1. The summed E-state index contributed by atoms with van der Waals surface area (Å²) in [6.45, 7) is 6.76. The van der Waals surface area contributed by atoms with E-state index in [-0.39, 0.29) is 0 Å². The maximum absolute atomic E-state index is 11.9. The number of carbonyl (C=O) groups is 1. The summed E-state index contributed by atoms with van der Waals surface area (Å²) in [5.41, 5.74) is 2.08. The molecular formula is C20H27N5O2. The molecule has 0 saturated carbocycles. The number of hydrogen-bond acceptors (Lipinski definition) is 6. The zero-order valence-electron chi connectivity index (χ0n) is 15.9. The molecule has 1 aromatic heterocycles. The predicted octanol–water partition coefficient (Wildman–Crippen LogP) is 1.77. The third-order valence-corrected chi connectivity index (χ3v) is 5.62. The first-order chi connectivity index (χ1) is 13.2. The predicted molar refractivity (Wildman–Crippen MR) is 105 cm³/mol. The molecule has 2 saturated heterocycles. The molecule has 0 aliphatic carbocycles.